The van der Waals surface area contributed by atoms with E-state index in [-0.39, 0.29) is 11.6 Å². The average Bonchev–Trinajstić information content (AvgIpc) is 2.80. The molecule has 3 heterocycles. The lowest BCUT2D eigenvalue weighted by atomic mass is 9.94. The Bertz CT molecular complexity index is 1170. The number of nitrogens with two attached hydrogens (primary N) is 1. The van der Waals surface area contributed by atoms with Crippen molar-refractivity contribution in [2.45, 2.75) is 6.42 Å². The van der Waals surface area contributed by atoms with Crippen molar-refractivity contribution in [3.05, 3.63) is 66.1 Å². The van der Waals surface area contributed by atoms with E-state index in [2.05, 4.69) is 58.0 Å². The van der Waals surface area contributed by atoms with Crippen molar-refractivity contribution in [1.82, 2.24) is 20.2 Å². The normalized spacial score (nSPS) is 16.6. The molecule has 2 aliphatic rings. The van der Waals surface area contributed by atoms with Gasteiger partial charge in [-0.15, -0.1) is 0 Å². The van der Waals surface area contributed by atoms with Gasteiger partial charge in [0.05, 0.1) is 11.9 Å². The number of anilines is 2. The first-order valence-corrected chi connectivity index (χ1v) is 10.9. The zero-order valence-electron chi connectivity index (χ0n) is 18.2. The Morgan fingerprint density at radius 3 is 2.56 bits per heavy atom. The van der Waals surface area contributed by atoms with Crippen LogP contribution in [0.3, 0.4) is 0 Å². The maximum Gasteiger partial charge on any atom is 0.150 e. The summed E-state index contributed by atoms with van der Waals surface area (Å²) in [4.78, 5) is 13.8. The number of nitrogens with zero attached hydrogens (tertiary/aromatic N) is 4. The highest BCUT2D eigenvalue weighted by Gasteiger charge is 2.20. The van der Waals surface area contributed by atoms with E-state index in [0.29, 0.717) is 28.2 Å². The van der Waals surface area contributed by atoms with E-state index in [0.717, 1.165) is 50.3 Å². The SMILES string of the molecule is C=C1NCCc2cc(-c3nc(-c4ccc(N5CCN(C)CC5)cc4)cnc3N)cc(F)c21. The molecule has 3 N–H and O–H groups in total. The van der Waals surface area contributed by atoms with E-state index in [1.165, 1.54) is 11.8 Å². The first kappa shape index (κ1) is 20.5. The van der Waals surface area contributed by atoms with E-state index in [4.69, 9.17) is 10.7 Å². The van der Waals surface area contributed by atoms with Gasteiger partial charge < -0.3 is 20.9 Å². The van der Waals surface area contributed by atoms with Gasteiger partial charge >= 0.3 is 0 Å². The minimum atomic E-state index is -0.321. The van der Waals surface area contributed by atoms with Crippen LogP contribution in [0.4, 0.5) is 15.9 Å². The zero-order chi connectivity index (χ0) is 22.2. The van der Waals surface area contributed by atoms with Crippen molar-refractivity contribution in [3.8, 4) is 22.5 Å². The van der Waals surface area contributed by atoms with Gasteiger partial charge in [-0.3, -0.25) is 0 Å². The molecule has 0 radical (unpaired) electrons. The van der Waals surface area contributed by atoms with Gasteiger partial charge in [0.15, 0.2) is 0 Å². The van der Waals surface area contributed by atoms with Crippen molar-refractivity contribution in [3.63, 3.8) is 0 Å². The van der Waals surface area contributed by atoms with E-state index < -0.39 is 0 Å². The van der Waals surface area contributed by atoms with Crippen molar-refractivity contribution in [2.75, 3.05) is 50.4 Å². The number of aromatic nitrogens is 2. The first-order valence-electron chi connectivity index (χ1n) is 10.9. The number of likely N-dealkylation sites (N-methyl/N-ethyl adjacent to an activating group) is 1. The fourth-order valence-electron chi connectivity index (χ4n) is 4.43. The number of hydrogen-bond donors (Lipinski definition) is 2. The molecule has 0 amide bonds. The van der Waals surface area contributed by atoms with E-state index in [9.17, 15) is 4.39 Å². The summed E-state index contributed by atoms with van der Waals surface area (Å²) in [6, 6.07) is 11.8. The molecule has 1 fully saturated rings. The van der Waals surface area contributed by atoms with Crippen LogP contribution in [0.15, 0.2) is 49.2 Å². The molecule has 3 aromatic rings. The van der Waals surface area contributed by atoms with Crippen molar-refractivity contribution >= 4 is 17.2 Å². The van der Waals surface area contributed by atoms with Gasteiger partial charge in [-0.2, -0.15) is 0 Å². The molecule has 6 nitrogen and oxygen atoms in total. The van der Waals surface area contributed by atoms with E-state index in [1.807, 2.05) is 6.07 Å². The standard InChI is InChI=1S/C25H27FN6/c1-16-23-18(7-8-28-16)13-19(14-21(23)26)24-25(27)29-15-22(30-24)17-3-5-20(6-4-17)32-11-9-31(2)10-12-32/h3-6,13-15,28H,1,7-12H2,2H3,(H2,27,29). The Morgan fingerprint density at radius 2 is 1.81 bits per heavy atom. The minimum absolute atomic E-state index is 0.287. The smallest absolute Gasteiger partial charge is 0.150 e. The number of piperazine rings is 1. The predicted molar refractivity (Wildman–Crippen MR) is 128 cm³/mol. The van der Waals surface area contributed by atoms with Crippen molar-refractivity contribution < 1.29 is 4.39 Å². The lowest BCUT2D eigenvalue weighted by Crippen LogP contribution is -2.44. The third kappa shape index (κ3) is 3.80. The second-order valence-corrected chi connectivity index (χ2v) is 8.47. The van der Waals surface area contributed by atoms with Crippen LogP contribution in [0.5, 0.6) is 0 Å². The average molecular weight is 431 g/mol. The number of nitrogen functional groups attached to an aromatic ring is 1. The fraction of sp³-hybridized carbons (Fsp3) is 0.280. The van der Waals surface area contributed by atoms with Crippen LogP contribution in [0.25, 0.3) is 28.2 Å². The molecule has 5 rings (SSSR count). The highest BCUT2D eigenvalue weighted by molar-refractivity contribution is 5.77. The molecule has 2 aliphatic heterocycles. The van der Waals surface area contributed by atoms with Crippen LogP contribution in [-0.2, 0) is 6.42 Å². The summed E-state index contributed by atoms with van der Waals surface area (Å²) in [5.41, 5.74) is 12.2. The molecular formula is C25H27FN6. The molecule has 2 aromatic carbocycles. The van der Waals surface area contributed by atoms with Gasteiger partial charge in [0.25, 0.3) is 0 Å². The largest absolute Gasteiger partial charge is 0.385 e. The van der Waals surface area contributed by atoms with Crippen molar-refractivity contribution in [1.29, 1.82) is 0 Å². The molecule has 1 saturated heterocycles. The number of rotatable bonds is 3. The van der Waals surface area contributed by atoms with Crippen LogP contribution in [0, 0.1) is 5.82 Å². The second-order valence-electron chi connectivity index (χ2n) is 8.47. The first-order chi connectivity index (χ1) is 15.5. The van der Waals surface area contributed by atoms with Gasteiger partial charge in [-0.05, 0) is 43.3 Å². The van der Waals surface area contributed by atoms with Gasteiger partial charge in [-0.25, -0.2) is 14.4 Å². The Labute approximate surface area is 187 Å². The van der Waals surface area contributed by atoms with Crippen LogP contribution >= 0.6 is 0 Å². The maximum atomic E-state index is 14.9. The summed E-state index contributed by atoms with van der Waals surface area (Å²) in [5, 5.41) is 3.12. The zero-order valence-corrected chi connectivity index (χ0v) is 18.2. The van der Waals surface area contributed by atoms with E-state index >= 15 is 0 Å². The minimum Gasteiger partial charge on any atom is -0.385 e. The summed E-state index contributed by atoms with van der Waals surface area (Å²) in [7, 11) is 2.15. The summed E-state index contributed by atoms with van der Waals surface area (Å²) < 4.78 is 14.9. The number of hydrogen-bond acceptors (Lipinski definition) is 6. The molecule has 0 atom stereocenters. The third-order valence-corrected chi connectivity index (χ3v) is 6.31. The highest BCUT2D eigenvalue weighted by Crippen LogP contribution is 2.32. The molecule has 0 bridgehead atoms. The maximum absolute atomic E-state index is 14.9. The van der Waals surface area contributed by atoms with Crippen LogP contribution < -0.4 is 16.0 Å². The number of nitrogens with one attached hydrogen (secondary N) is 1. The Morgan fingerprint density at radius 1 is 1.06 bits per heavy atom. The molecule has 1 aromatic heterocycles. The van der Waals surface area contributed by atoms with Gasteiger partial charge in [0.1, 0.15) is 17.3 Å². The molecule has 0 unspecified atom stereocenters. The number of fused-ring (bicyclic) bond motifs is 1. The highest BCUT2D eigenvalue weighted by atomic mass is 19.1. The summed E-state index contributed by atoms with van der Waals surface area (Å²) in [5.74, 6) is -0.0345. The van der Waals surface area contributed by atoms with Crippen molar-refractivity contribution in [2.24, 2.45) is 0 Å². The molecule has 0 saturated carbocycles. The van der Waals surface area contributed by atoms with E-state index in [1.54, 1.807) is 6.20 Å². The number of benzene rings is 2. The molecular weight excluding hydrogens is 403 g/mol. The van der Waals surface area contributed by atoms with Gasteiger partial charge in [0.2, 0.25) is 0 Å². The summed E-state index contributed by atoms with van der Waals surface area (Å²) in [6.45, 7) is 8.83. The molecule has 0 aliphatic carbocycles. The van der Waals surface area contributed by atoms with Gasteiger partial charge in [0, 0.05) is 60.8 Å². The lowest BCUT2D eigenvalue weighted by molar-refractivity contribution is 0.313. The topological polar surface area (TPSA) is 70.3 Å². The Kier molecular flexibility index (Phi) is 5.27. The molecule has 7 heteroatoms. The fourth-order valence-corrected chi connectivity index (χ4v) is 4.43. The summed E-state index contributed by atoms with van der Waals surface area (Å²) >= 11 is 0. The van der Waals surface area contributed by atoms with Crippen LogP contribution in [-0.4, -0.2) is 54.6 Å². The third-order valence-electron chi connectivity index (χ3n) is 6.31. The quantitative estimate of drug-likeness (QED) is 0.664. The van der Waals surface area contributed by atoms with Crippen LogP contribution in [0.1, 0.15) is 11.1 Å². The monoisotopic (exact) mass is 430 g/mol. The van der Waals surface area contributed by atoms with Gasteiger partial charge in [-0.1, -0.05) is 18.7 Å². The number of halogens is 1. The van der Waals surface area contributed by atoms with Crippen LogP contribution in [0.2, 0.25) is 0 Å². The second kappa shape index (κ2) is 8.24. The predicted octanol–water partition coefficient (Wildman–Crippen LogP) is 3.40. The lowest BCUT2D eigenvalue weighted by Gasteiger charge is -2.34. The Hall–Kier alpha value is -3.45. The molecule has 32 heavy (non-hydrogen) atoms. The molecule has 164 valence electrons. The summed E-state index contributed by atoms with van der Waals surface area (Å²) in [6.07, 6.45) is 2.39. The molecule has 0 spiro atoms. The Balaban J connectivity index is 1.46.